The Hall–Kier alpha value is -1.42. The molecule has 0 radical (unpaired) electrons. The van der Waals surface area contributed by atoms with Crippen LogP contribution in [0, 0.1) is 5.92 Å². The van der Waals surface area contributed by atoms with Gasteiger partial charge >= 0.3 is 0 Å². The molecule has 3 nitrogen and oxygen atoms in total. The fourth-order valence-electron chi connectivity index (χ4n) is 2.65. The Balaban J connectivity index is 1.62. The molecule has 1 heterocycles. The number of hydrogen-bond acceptors (Lipinski definition) is 3. The summed E-state index contributed by atoms with van der Waals surface area (Å²) >= 11 is 3.82. The van der Waals surface area contributed by atoms with Gasteiger partial charge in [0.1, 0.15) is 6.33 Å². The maximum atomic E-state index is 5.14. The number of alkyl halides is 1. The summed E-state index contributed by atoms with van der Waals surface area (Å²) in [6.07, 6.45) is 3.73. The average Bonchev–Trinajstić information content (AvgIpc) is 3.29. The second kappa shape index (κ2) is 5.92. The van der Waals surface area contributed by atoms with Gasteiger partial charge in [0.15, 0.2) is 0 Å². The van der Waals surface area contributed by atoms with Gasteiger partial charge in [-0.1, -0.05) is 46.3 Å². The van der Waals surface area contributed by atoms with Crippen molar-refractivity contribution in [2.24, 2.45) is 5.92 Å². The monoisotopic (exact) mass is 332 g/mol. The zero-order valence-corrected chi connectivity index (χ0v) is 13.0. The minimum absolute atomic E-state index is 0.451. The Morgan fingerprint density at radius 3 is 2.85 bits per heavy atom. The molecule has 4 heteroatoms. The summed E-state index contributed by atoms with van der Waals surface area (Å²) in [7, 11) is 1.63. The number of methoxy groups -OCH3 is 1. The van der Waals surface area contributed by atoms with Crippen molar-refractivity contribution in [1.29, 1.82) is 0 Å². The van der Waals surface area contributed by atoms with Crippen LogP contribution in [0.2, 0.25) is 0 Å². The quantitative estimate of drug-likeness (QED) is 0.785. The molecule has 1 aromatic heterocycles. The SMILES string of the molecule is COc1cc(CC(Br)C2CC2c2ccccc2)ncn1. The van der Waals surface area contributed by atoms with E-state index in [1.165, 1.54) is 12.0 Å². The maximum Gasteiger partial charge on any atom is 0.216 e. The van der Waals surface area contributed by atoms with Crippen LogP contribution in [-0.4, -0.2) is 21.9 Å². The van der Waals surface area contributed by atoms with Crippen LogP contribution >= 0.6 is 15.9 Å². The van der Waals surface area contributed by atoms with Crippen molar-refractivity contribution in [2.75, 3.05) is 7.11 Å². The van der Waals surface area contributed by atoms with Crippen LogP contribution in [0.3, 0.4) is 0 Å². The minimum atomic E-state index is 0.451. The third kappa shape index (κ3) is 3.01. The Labute approximate surface area is 127 Å². The number of halogens is 1. The summed E-state index contributed by atoms with van der Waals surface area (Å²) in [4.78, 5) is 8.80. The largest absolute Gasteiger partial charge is 0.481 e. The van der Waals surface area contributed by atoms with Gasteiger partial charge < -0.3 is 4.74 Å². The minimum Gasteiger partial charge on any atom is -0.481 e. The predicted molar refractivity (Wildman–Crippen MR) is 82.3 cm³/mol. The van der Waals surface area contributed by atoms with Crippen molar-refractivity contribution in [3.8, 4) is 5.88 Å². The van der Waals surface area contributed by atoms with E-state index in [9.17, 15) is 0 Å². The molecule has 104 valence electrons. The molecule has 0 saturated heterocycles. The van der Waals surface area contributed by atoms with Crippen molar-refractivity contribution in [2.45, 2.75) is 23.6 Å². The predicted octanol–water partition coefficient (Wildman–Crippen LogP) is 3.59. The number of hydrogen-bond donors (Lipinski definition) is 0. The molecule has 3 atom stereocenters. The Morgan fingerprint density at radius 1 is 1.30 bits per heavy atom. The first-order chi connectivity index (χ1) is 9.78. The van der Waals surface area contributed by atoms with Gasteiger partial charge in [-0.15, -0.1) is 0 Å². The standard InChI is InChI=1S/C16H17BrN2O/c1-20-16-8-12(18-10-19-16)7-15(17)14-9-13(14)11-5-3-2-4-6-11/h2-6,8,10,13-15H,7,9H2,1H3. The highest BCUT2D eigenvalue weighted by molar-refractivity contribution is 9.09. The van der Waals surface area contributed by atoms with Crippen LogP contribution in [0.1, 0.15) is 23.6 Å². The fourth-order valence-corrected chi connectivity index (χ4v) is 3.57. The number of aromatic nitrogens is 2. The Bertz CT molecular complexity index is 576. The number of nitrogens with zero attached hydrogens (tertiary/aromatic N) is 2. The van der Waals surface area contributed by atoms with E-state index in [2.05, 4.69) is 56.2 Å². The van der Waals surface area contributed by atoms with E-state index in [1.807, 2.05) is 6.07 Å². The van der Waals surface area contributed by atoms with Crippen molar-refractivity contribution in [1.82, 2.24) is 9.97 Å². The normalized spacial score (nSPS) is 22.3. The number of ether oxygens (including phenoxy) is 1. The zero-order valence-electron chi connectivity index (χ0n) is 11.4. The lowest BCUT2D eigenvalue weighted by Crippen LogP contribution is -2.08. The molecule has 2 aromatic rings. The van der Waals surface area contributed by atoms with E-state index in [1.54, 1.807) is 13.4 Å². The maximum absolute atomic E-state index is 5.14. The highest BCUT2D eigenvalue weighted by Crippen LogP contribution is 2.52. The lowest BCUT2D eigenvalue weighted by Gasteiger charge is -2.09. The third-order valence-electron chi connectivity index (χ3n) is 3.84. The van der Waals surface area contributed by atoms with Crippen LogP contribution in [-0.2, 0) is 6.42 Å². The van der Waals surface area contributed by atoms with Gasteiger partial charge in [0, 0.05) is 23.0 Å². The molecule has 1 saturated carbocycles. The van der Waals surface area contributed by atoms with E-state index in [0.29, 0.717) is 22.5 Å². The first-order valence-corrected chi connectivity index (χ1v) is 7.73. The van der Waals surface area contributed by atoms with Gasteiger partial charge in [0.2, 0.25) is 5.88 Å². The second-order valence-corrected chi connectivity index (χ2v) is 6.36. The third-order valence-corrected chi connectivity index (χ3v) is 4.85. The second-order valence-electron chi connectivity index (χ2n) is 5.19. The molecular weight excluding hydrogens is 316 g/mol. The molecule has 0 aliphatic heterocycles. The zero-order chi connectivity index (χ0) is 13.9. The van der Waals surface area contributed by atoms with Gasteiger partial charge in [0.05, 0.1) is 7.11 Å². The van der Waals surface area contributed by atoms with Gasteiger partial charge in [-0.25, -0.2) is 9.97 Å². The molecule has 0 N–H and O–H groups in total. The molecular formula is C16H17BrN2O. The fraction of sp³-hybridized carbons (Fsp3) is 0.375. The van der Waals surface area contributed by atoms with E-state index in [4.69, 9.17) is 4.74 Å². The number of benzene rings is 1. The van der Waals surface area contributed by atoms with Crippen molar-refractivity contribution >= 4 is 15.9 Å². The summed E-state index contributed by atoms with van der Waals surface area (Å²) in [5, 5.41) is 0. The molecule has 3 unspecified atom stereocenters. The van der Waals surface area contributed by atoms with Gasteiger partial charge in [0.25, 0.3) is 0 Å². The lowest BCUT2D eigenvalue weighted by atomic mass is 10.1. The van der Waals surface area contributed by atoms with Crippen molar-refractivity contribution < 1.29 is 4.74 Å². The van der Waals surface area contributed by atoms with E-state index in [0.717, 1.165) is 12.1 Å². The van der Waals surface area contributed by atoms with Gasteiger partial charge in [-0.2, -0.15) is 0 Å². The summed E-state index contributed by atoms with van der Waals surface area (Å²) in [6, 6.07) is 12.6. The summed E-state index contributed by atoms with van der Waals surface area (Å²) < 4.78 is 5.14. The summed E-state index contributed by atoms with van der Waals surface area (Å²) in [6.45, 7) is 0. The first-order valence-electron chi connectivity index (χ1n) is 6.82. The van der Waals surface area contributed by atoms with E-state index < -0.39 is 0 Å². The Morgan fingerprint density at radius 2 is 2.10 bits per heavy atom. The van der Waals surface area contributed by atoms with Crippen LogP contribution < -0.4 is 4.74 Å². The molecule has 1 aliphatic rings. The average molecular weight is 333 g/mol. The van der Waals surface area contributed by atoms with Crippen LogP contribution in [0.5, 0.6) is 5.88 Å². The van der Waals surface area contributed by atoms with Crippen LogP contribution in [0.25, 0.3) is 0 Å². The molecule has 0 bridgehead atoms. The van der Waals surface area contributed by atoms with Crippen molar-refractivity contribution in [3.63, 3.8) is 0 Å². The topological polar surface area (TPSA) is 35.0 Å². The first kappa shape index (κ1) is 13.6. The molecule has 0 amide bonds. The van der Waals surface area contributed by atoms with Gasteiger partial charge in [-0.3, -0.25) is 0 Å². The molecule has 3 rings (SSSR count). The smallest absolute Gasteiger partial charge is 0.216 e. The highest BCUT2D eigenvalue weighted by Gasteiger charge is 2.42. The van der Waals surface area contributed by atoms with Crippen LogP contribution in [0.4, 0.5) is 0 Å². The molecule has 20 heavy (non-hydrogen) atoms. The summed E-state index contributed by atoms with van der Waals surface area (Å²) in [5.41, 5.74) is 2.47. The van der Waals surface area contributed by atoms with Crippen LogP contribution in [0.15, 0.2) is 42.7 Å². The summed E-state index contributed by atoms with van der Waals surface area (Å²) in [5.74, 6) is 2.01. The molecule has 1 aromatic carbocycles. The lowest BCUT2D eigenvalue weighted by molar-refractivity contribution is 0.395. The number of rotatable bonds is 5. The van der Waals surface area contributed by atoms with E-state index >= 15 is 0 Å². The molecule has 1 aliphatic carbocycles. The molecule has 0 spiro atoms. The van der Waals surface area contributed by atoms with Gasteiger partial charge in [-0.05, 0) is 23.8 Å². The highest BCUT2D eigenvalue weighted by atomic mass is 79.9. The van der Waals surface area contributed by atoms with Crippen molar-refractivity contribution in [3.05, 3.63) is 54.0 Å². The Kier molecular flexibility index (Phi) is 4.01. The molecule has 1 fully saturated rings. The van der Waals surface area contributed by atoms with E-state index in [-0.39, 0.29) is 0 Å².